The molecule has 0 spiro atoms. The van der Waals surface area contributed by atoms with E-state index in [1.807, 2.05) is 0 Å². The summed E-state index contributed by atoms with van der Waals surface area (Å²) in [5.74, 6) is -0.520. The molecule has 0 unspecified atom stereocenters. The van der Waals surface area contributed by atoms with Crippen molar-refractivity contribution in [2.75, 3.05) is 11.3 Å². The van der Waals surface area contributed by atoms with Crippen LogP contribution in [-0.2, 0) is 10.0 Å². The summed E-state index contributed by atoms with van der Waals surface area (Å²) in [6, 6.07) is 3.96. The van der Waals surface area contributed by atoms with Crippen LogP contribution in [0.2, 0.25) is 0 Å². The second-order valence-corrected chi connectivity index (χ2v) is 6.79. The lowest BCUT2D eigenvalue weighted by Gasteiger charge is -2.14. The fourth-order valence-corrected chi connectivity index (χ4v) is 3.22. The molecule has 0 aliphatic carbocycles. The topological polar surface area (TPSA) is 90.4 Å². The second-order valence-electron chi connectivity index (χ2n) is 5.11. The van der Waals surface area contributed by atoms with Crippen molar-refractivity contribution in [2.45, 2.75) is 32.0 Å². The molecule has 0 aliphatic rings. The molecule has 0 fully saturated rings. The van der Waals surface area contributed by atoms with Gasteiger partial charge in [0.15, 0.2) is 0 Å². The molecule has 0 radical (unpaired) electrons. The van der Waals surface area contributed by atoms with E-state index in [1.165, 1.54) is 0 Å². The van der Waals surface area contributed by atoms with E-state index < -0.39 is 22.1 Å². The lowest BCUT2D eigenvalue weighted by Crippen LogP contribution is -2.18. The van der Waals surface area contributed by atoms with Gasteiger partial charge in [-0.25, -0.2) is 8.42 Å². The molecule has 142 valence electrons. The molecule has 0 saturated carbocycles. The highest BCUT2D eigenvalue weighted by atomic mass is 32.2. The summed E-state index contributed by atoms with van der Waals surface area (Å²) in [5.41, 5.74) is 0.868. The molecule has 0 bridgehead atoms. The maximum Gasteiger partial charge on any atom is 0.573 e. The van der Waals surface area contributed by atoms with Crippen LogP contribution in [0.4, 0.5) is 18.9 Å². The molecule has 11 heteroatoms. The first kappa shape index (κ1) is 19.8. The average Bonchev–Trinajstić information content (AvgIpc) is 2.50. The Hall–Kier alpha value is -2.56. The minimum atomic E-state index is -4.85. The van der Waals surface area contributed by atoms with Crippen molar-refractivity contribution in [2.24, 2.45) is 0 Å². The maximum absolute atomic E-state index is 12.5. The molecule has 1 N–H and O–H groups in total. The van der Waals surface area contributed by atoms with Gasteiger partial charge in [0.25, 0.3) is 10.0 Å². The summed E-state index contributed by atoms with van der Waals surface area (Å²) >= 11 is 0. The van der Waals surface area contributed by atoms with Crippen molar-refractivity contribution >= 4 is 15.7 Å². The van der Waals surface area contributed by atoms with Gasteiger partial charge in [-0.1, -0.05) is 0 Å². The summed E-state index contributed by atoms with van der Waals surface area (Å²) in [7, 11) is -4.05. The first-order valence-electron chi connectivity index (χ1n) is 7.38. The first-order chi connectivity index (χ1) is 12.0. The van der Waals surface area contributed by atoms with E-state index in [0.717, 1.165) is 24.3 Å². The van der Waals surface area contributed by atoms with Gasteiger partial charge >= 0.3 is 12.4 Å². The normalized spacial score (nSPS) is 11.9. The van der Waals surface area contributed by atoms with Crippen LogP contribution in [-0.4, -0.2) is 31.4 Å². The molecule has 1 heterocycles. The zero-order valence-electron chi connectivity index (χ0n) is 14.1. The second kappa shape index (κ2) is 7.36. The molecule has 1 aromatic carbocycles. The van der Waals surface area contributed by atoms with E-state index in [4.69, 9.17) is 4.74 Å². The number of nitrogens with one attached hydrogen (secondary N) is 1. The van der Waals surface area contributed by atoms with Crippen LogP contribution >= 0.6 is 0 Å². The molecule has 1 aromatic heterocycles. The number of nitrogens with zero attached hydrogens (tertiary/aromatic N) is 2. The van der Waals surface area contributed by atoms with E-state index in [1.54, 1.807) is 20.8 Å². The quantitative estimate of drug-likeness (QED) is 0.813. The third-order valence-electron chi connectivity index (χ3n) is 3.13. The Kier molecular flexibility index (Phi) is 5.59. The zero-order chi connectivity index (χ0) is 19.5. The Morgan fingerprint density at radius 2 is 1.62 bits per heavy atom. The molecular formula is C15H16F3N3O4S. The number of ether oxygens (including phenoxy) is 2. The third-order valence-corrected chi connectivity index (χ3v) is 4.49. The Morgan fingerprint density at radius 1 is 1.08 bits per heavy atom. The summed E-state index contributed by atoms with van der Waals surface area (Å²) in [4.78, 5) is 7.86. The van der Waals surface area contributed by atoms with Gasteiger partial charge in [-0.15, -0.1) is 13.2 Å². The van der Waals surface area contributed by atoms with Crippen LogP contribution in [0.3, 0.4) is 0 Å². The number of hydrogen-bond donors (Lipinski definition) is 1. The Bertz CT molecular complexity index is 861. The lowest BCUT2D eigenvalue weighted by molar-refractivity contribution is -0.274. The van der Waals surface area contributed by atoms with Gasteiger partial charge in [0.05, 0.1) is 28.6 Å². The minimum Gasteiger partial charge on any atom is -0.464 e. The number of hydrogen-bond acceptors (Lipinski definition) is 6. The van der Waals surface area contributed by atoms with Gasteiger partial charge in [0.1, 0.15) is 5.75 Å². The highest BCUT2D eigenvalue weighted by molar-refractivity contribution is 7.92. The van der Waals surface area contributed by atoms with Crippen molar-refractivity contribution in [3.8, 4) is 11.8 Å². The largest absolute Gasteiger partial charge is 0.573 e. The van der Waals surface area contributed by atoms with Crippen molar-refractivity contribution in [1.29, 1.82) is 0 Å². The van der Waals surface area contributed by atoms with E-state index in [0.29, 0.717) is 18.0 Å². The Balaban J connectivity index is 2.26. The van der Waals surface area contributed by atoms with Crippen molar-refractivity contribution in [1.82, 2.24) is 9.97 Å². The molecule has 0 amide bonds. The molecule has 26 heavy (non-hydrogen) atoms. The minimum absolute atomic E-state index is 0.124. The Morgan fingerprint density at radius 3 is 2.08 bits per heavy atom. The summed E-state index contributed by atoms with van der Waals surface area (Å²) in [6.45, 7) is 5.28. The molecule has 0 atom stereocenters. The maximum atomic E-state index is 12.5. The molecule has 2 aromatic rings. The smallest absolute Gasteiger partial charge is 0.464 e. The number of rotatable bonds is 6. The van der Waals surface area contributed by atoms with Crippen molar-refractivity contribution in [3.05, 3.63) is 35.7 Å². The molecular weight excluding hydrogens is 375 g/mol. The molecule has 7 nitrogen and oxygen atoms in total. The van der Waals surface area contributed by atoms with Gasteiger partial charge < -0.3 is 9.47 Å². The predicted octanol–water partition coefficient (Wildman–Crippen LogP) is 3.19. The van der Waals surface area contributed by atoms with E-state index in [2.05, 4.69) is 19.4 Å². The SMILES string of the molecule is CCOc1nc(C)c(NS(=O)(=O)c2ccc(OC(F)(F)F)cc2)c(C)n1. The fourth-order valence-electron chi connectivity index (χ4n) is 2.04. The number of benzene rings is 1. The molecule has 2 rings (SSSR count). The van der Waals surface area contributed by atoms with Crippen molar-refractivity contribution in [3.63, 3.8) is 0 Å². The average molecular weight is 391 g/mol. The number of aryl methyl sites for hydroxylation is 2. The highest BCUT2D eigenvalue weighted by Gasteiger charge is 2.31. The van der Waals surface area contributed by atoms with Crippen LogP contribution < -0.4 is 14.2 Å². The zero-order valence-corrected chi connectivity index (χ0v) is 14.9. The first-order valence-corrected chi connectivity index (χ1v) is 8.87. The monoisotopic (exact) mass is 391 g/mol. The Labute approximate surface area is 148 Å². The number of halogens is 3. The summed E-state index contributed by atoms with van der Waals surface area (Å²) in [6.07, 6.45) is -4.85. The van der Waals surface area contributed by atoms with Crippen LogP contribution in [0.1, 0.15) is 18.3 Å². The van der Waals surface area contributed by atoms with E-state index >= 15 is 0 Å². The van der Waals surface area contributed by atoms with Gasteiger partial charge in [0, 0.05) is 0 Å². The number of aromatic nitrogens is 2. The van der Waals surface area contributed by atoms with Crippen molar-refractivity contribution < 1.29 is 31.1 Å². The number of anilines is 1. The predicted molar refractivity (Wildman–Crippen MR) is 86.6 cm³/mol. The van der Waals surface area contributed by atoms with Gasteiger partial charge in [0.2, 0.25) is 0 Å². The van der Waals surface area contributed by atoms with Crippen LogP contribution in [0.5, 0.6) is 11.8 Å². The lowest BCUT2D eigenvalue weighted by atomic mass is 10.3. The van der Waals surface area contributed by atoms with E-state index in [-0.39, 0.29) is 16.6 Å². The number of alkyl halides is 3. The molecule has 0 saturated heterocycles. The van der Waals surface area contributed by atoms with Gasteiger partial charge in [-0.2, -0.15) is 9.97 Å². The fraction of sp³-hybridized carbons (Fsp3) is 0.333. The number of sulfonamides is 1. The third kappa shape index (κ3) is 4.97. The highest BCUT2D eigenvalue weighted by Crippen LogP contribution is 2.26. The summed E-state index contributed by atoms with van der Waals surface area (Å²) in [5, 5.41) is 0. The van der Waals surface area contributed by atoms with Crippen LogP contribution in [0.25, 0.3) is 0 Å². The van der Waals surface area contributed by atoms with Crippen LogP contribution in [0.15, 0.2) is 29.2 Å². The molecule has 0 aliphatic heterocycles. The van der Waals surface area contributed by atoms with Gasteiger partial charge in [-0.05, 0) is 45.0 Å². The standard InChI is InChI=1S/C15H16F3N3O4S/c1-4-24-14-19-9(2)13(10(3)20-14)21-26(22,23)12-7-5-11(6-8-12)25-15(16,17)18/h5-8,21H,4H2,1-3H3. The van der Waals surface area contributed by atoms with Gasteiger partial charge in [-0.3, -0.25) is 4.72 Å². The van der Waals surface area contributed by atoms with E-state index in [9.17, 15) is 21.6 Å². The summed E-state index contributed by atoms with van der Waals surface area (Å²) < 4.78 is 72.6. The van der Waals surface area contributed by atoms with Crippen LogP contribution in [0, 0.1) is 13.8 Å².